The van der Waals surface area contributed by atoms with E-state index in [0.717, 1.165) is 16.3 Å². The molecule has 1 amide bonds. The van der Waals surface area contributed by atoms with E-state index in [1.54, 1.807) is 11.1 Å². The summed E-state index contributed by atoms with van der Waals surface area (Å²) in [7, 11) is 0. The molecule has 2 aromatic rings. The Bertz CT molecular complexity index is 562. The van der Waals surface area contributed by atoms with Crippen molar-refractivity contribution in [2.75, 3.05) is 11.4 Å². The fourth-order valence-corrected chi connectivity index (χ4v) is 2.56. The molecule has 0 unspecified atom stereocenters. The van der Waals surface area contributed by atoms with Crippen LogP contribution in [-0.2, 0) is 0 Å². The second kappa shape index (κ2) is 5.31. The Kier molecular flexibility index (Phi) is 3.77. The van der Waals surface area contributed by atoms with Gasteiger partial charge in [0.15, 0.2) is 0 Å². The van der Waals surface area contributed by atoms with E-state index in [0.29, 0.717) is 11.4 Å². The first-order chi connectivity index (χ1) is 8.61. The second-order valence-electron chi connectivity index (χ2n) is 4.13. The van der Waals surface area contributed by atoms with E-state index < -0.39 is 0 Å². The Morgan fingerprint density at radius 2 is 2.17 bits per heavy atom. The smallest absolute Gasteiger partial charge is 0.269 e. The average Bonchev–Trinajstić information content (AvgIpc) is 2.77. The Hall–Kier alpha value is -1.68. The number of aromatic nitrogens is 1. The van der Waals surface area contributed by atoms with Crippen LogP contribution in [0, 0.1) is 13.8 Å². The fourth-order valence-electron chi connectivity index (χ4n) is 1.83. The normalized spacial score (nSPS) is 10.4. The van der Waals surface area contributed by atoms with Crippen LogP contribution in [-0.4, -0.2) is 17.4 Å². The van der Waals surface area contributed by atoms with Crippen LogP contribution in [0.2, 0.25) is 0 Å². The van der Waals surface area contributed by atoms with Crippen molar-refractivity contribution in [2.24, 2.45) is 0 Å². The van der Waals surface area contributed by atoms with E-state index in [1.165, 1.54) is 11.3 Å². The number of carbonyl (C=O) groups excluding carboxylic acids is 1. The molecule has 0 N–H and O–H groups in total. The van der Waals surface area contributed by atoms with Gasteiger partial charge in [0.1, 0.15) is 4.88 Å². The lowest BCUT2D eigenvalue weighted by atomic mass is 10.2. The molecule has 1 aromatic heterocycles. The van der Waals surface area contributed by atoms with Gasteiger partial charge >= 0.3 is 0 Å². The van der Waals surface area contributed by atoms with E-state index in [-0.39, 0.29) is 5.91 Å². The lowest BCUT2D eigenvalue weighted by Gasteiger charge is -2.20. The zero-order valence-electron chi connectivity index (χ0n) is 10.8. The molecule has 94 valence electrons. The number of nitrogens with zero attached hydrogens (tertiary/aromatic N) is 2. The maximum absolute atomic E-state index is 12.4. The summed E-state index contributed by atoms with van der Waals surface area (Å²) in [6, 6.07) is 7.98. The summed E-state index contributed by atoms with van der Waals surface area (Å²) >= 11 is 1.44. The van der Waals surface area contributed by atoms with E-state index in [2.05, 4.69) is 4.98 Å². The largest absolute Gasteiger partial charge is 0.308 e. The van der Waals surface area contributed by atoms with Crippen molar-refractivity contribution in [3.8, 4) is 0 Å². The zero-order chi connectivity index (χ0) is 13.1. The molecule has 2 rings (SSSR count). The Balaban J connectivity index is 2.31. The van der Waals surface area contributed by atoms with Gasteiger partial charge in [-0.1, -0.05) is 12.1 Å². The molecule has 0 saturated heterocycles. The van der Waals surface area contributed by atoms with Gasteiger partial charge in [-0.05, 0) is 38.5 Å². The van der Waals surface area contributed by atoms with E-state index in [9.17, 15) is 4.79 Å². The van der Waals surface area contributed by atoms with Crippen molar-refractivity contribution < 1.29 is 4.79 Å². The Morgan fingerprint density at radius 1 is 1.39 bits per heavy atom. The first-order valence-corrected chi connectivity index (χ1v) is 6.74. The lowest BCUT2D eigenvalue weighted by molar-refractivity contribution is 0.0992. The van der Waals surface area contributed by atoms with Gasteiger partial charge < -0.3 is 4.90 Å². The summed E-state index contributed by atoms with van der Waals surface area (Å²) in [6.45, 7) is 6.57. The van der Waals surface area contributed by atoms with Gasteiger partial charge in [0.25, 0.3) is 5.91 Å². The predicted molar refractivity (Wildman–Crippen MR) is 75.4 cm³/mol. The fraction of sp³-hybridized carbons (Fsp3) is 0.286. The summed E-state index contributed by atoms with van der Waals surface area (Å²) in [5.41, 5.74) is 2.09. The summed E-state index contributed by atoms with van der Waals surface area (Å²) in [5.74, 6) is 0.0219. The number of thiazole rings is 1. The van der Waals surface area contributed by atoms with Gasteiger partial charge in [0, 0.05) is 12.2 Å². The molecular weight excluding hydrogens is 244 g/mol. The molecule has 0 bridgehead atoms. The van der Waals surface area contributed by atoms with Crippen LogP contribution in [0.1, 0.15) is 27.2 Å². The Morgan fingerprint density at radius 3 is 2.72 bits per heavy atom. The highest BCUT2D eigenvalue weighted by molar-refractivity contribution is 7.13. The maximum Gasteiger partial charge on any atom is 0.269 e. The summed E-state index contributed by atoms with van der Waals surface area (Å²) in [4.78, 5) is 19.0. The highest BCUT2D eigenvalue weighted by Gasteiger charge is 2.18. The van der Waals surface area contributed by atoms with E-state index in [4.69, 9.17) is 0 Å². The third-order valence-corrected chi connectivity index (χ3v) is 3.61. The average molecular weight is 260 g/mol. The topological polar surface area (TPSA) is 33.2 Å². The number of hydrogen-bond acceptors (Lipinski definition) is 3. The molecule has 0 fully saturated rings. The first-order valence-electron chi connectivity index (χ1n) is 5.92. The number of amides is 1. The minimum Gasteiger partial charge on any atom is -0.308 e. The standard InChI is InChI=1S/C14H16N2OS/c1-4-16(12-7-5-6-10(2)8-12)14(17)13-9-15-11(3)18-13/h5-9H,4H2,1-3H3. The van der Waals surface area contributed by atoms with Gasteiger partial charge in [0.05, 0.1) is 11.2 Å². The van der Waals surface area contributed by atoms with E-state index >= 15 is 0 Å². The van der Waals surface area contributed by atoms with Crippen LogP contribution in [0.5, 0.6) is 0 Å². The van der Waals surface area contributed by atoms with Crippen molar-refractivity contribution in [1.82, 2.24) is 4.98 Å². The predicted octanol–water partition coefficient (Wildman–Crippen LogP) is 3.43. The molecule has 0 aliphatic heterocycles. The van der Waals surface area contributed by atoms with Crippen LogP contribution < -0.4 is 4.90 Å². The molecule has 0 saturated carbocycles. The van der Waals surface area contributed by atoms with Crippen molar-refractivity contribution in [1.29, 1.82) is 0 Å². The van der Waals surface area contributed by atoms with Crippen LogP contribution in [0.4, 0.5) is 5.69 Å². The minimum absolute atomic E-state index is 0.0219. The summed E-state index contributed by atoms with van der Waals surface area (Å²) in [6.07, 6.45) is 1.65. The summed E-state index contributed by atoms with van der Waals surface area (Å²) in [5, 5.41) is 0.915. The van der Waals surface area contributed by atoms with Crippen molar-refractivity contribution >= 4 is 22.9 Å². The lowest BCUT2D eigenvalue weighted by Crippen LogP contribution is -2.29. The van der Waals surface area contributed by atoms with Crippen molar-refractivity contribution in [3.05, 3.63) is 45.9 Å². The molecule has 1 aromatic carbocycles. The molecule has 0 aliphatic carbocycles. The van der Waals surface area contributed by atoms with Crippen LogP contribution in [0.3, 0.4) is 0 Å². The SMILES string of the molecule is CCN(C(=O)c1cnc(C)s1)c1cccc(C)c1. The van der Waals surface area contributed by atoms with Gasteiger partial charge in [-0.25, -0.2) is 4.98 Å². The number of anilines is 1. The van der Waals surface area contributed by atoms with Gasteiger partial charge in [-0.15, -0.1) is 11.3 Å². The molecule has 0 aliphatic rings. The van der Waals surface area contributed by atoms with Crippen molar-refractivity contribution in [2.45, 2.75) is 20.8 Å². The summed E-state index contributed by atoms with van der Waals surface area (Å²) < 4.78 is 0. The third kappa shape index (κ3) is 2.59. The van der Waals surface area contributed by atoms with Crippen LogP contribution >= 0.6 is 11.3 Å². The molecule has 3 nitrogen and oxygen atoms in total. The van der Waals surface area contributed by atoms with E-state index in [1.807, 2.05) is 45.0 Å². The number of rotatable bonds is 3. The first kappa shape index (κ1) is 12.8. The quantitative estimate of drug-likeness (QED) is 0.847. The van der Waals surface area contributed by atoms with Gasteiger partial charge in [0.2, 0.25) is 0 Å². The van der Waals surface area contributed by atoms with Crippen LogP contribution in [0.15, 0.2) is 30.5 Å². The third-order valence-electron chi connectivity index (χ3n) is 2.71. The molecule has 18 heavy (non-hydrogen) atoms. The molecule has 1 heterocycles. The maximum atomic E-state index is 12.4. The van der Waals surface area contributed by atoms with Crippen LogP contribution in [0.25, 0.3) is 0 Å². The molecule has 0 atom stereocenters. The number of hydrogen-bond donors (Lipinski definition) is 0. The second-order valence-corrected chi connectivity index (χ2v) is 5.37. The molecule has 0 radical (unpaired) electrons. The highest BCUT2D eigenvalue weighted by atomic mass is 32.1. The molecule has 0 spiro atoms. The monoisotopic (exact) mass is 260 g/mol. The Labute approximate surface area is 111 Å². The molecular formula is C14H16N2OS. The number of aryl methyl sites for hydroxylation is 2. The number of carbonyl (C=O) groups is 1. The highest BCUT2D eigenvalue weighted by Crippen LogP contribution is 2.21. The van der Waals surface area contributed by atoms with Gasteiger partial charge in [-0.2, -0.15) is 0 Å². The molecule has 4 heteroatoms. The van der Waals surface area contributed by atoms with Crippen molar-refractivity contribution in [3.63, 3.8) is 0 Å². The number of benzene rings is 1. The minimum atomic E-state index is 0.0219. The van der Waals surface area contributed by atoms with Gasteiger partial charge in [-0.3, -0.25) is 4.79 Å². The zero-order valence-corrected chi connectivity index (χ0v) is 11.6.